The number of hydrogen-bond acceptors (Lipinski definition) is 8. The molecule has 2 aromatic heterocycles. The van der Waals surface area contributed by atoms with E-state index in [4.69, 9.17) is 12.5 Å². The molecule has 5 aliphatic heterocycles. The molecule has 0 amide bonds. The number of halogens is 3. The van der Waals surface area contributed by atoms with E-state index < -0.39 is 23.3 Å². The highest BCUT2D eigenvalue weighted by Gasteiger charge is 2.49. The number of terminal acetylenes is 1. The molecular formula is C33H31F3N6O2. The number of phenolic OH excluding ortho intramolecular Hbond substituents is 1. The van der Waals surface area contributed by atoms with Crippen LogP contribution in [0.1, 0.15) is 40.4 Å². The minimum atomic E-state index is -2.07. The van der Waals surface area contributed by atoms with Gasteiger partial charge in [-0.15, -0.1) is 6.40 Å². The van der Waals surface area contributed by atoms with Crippen LogP contribution < -0.4 is 15.0 Å². The Labute approximate surface area is 255 Å². The van der Waals surface area contributed by atoms with Crippen LogP contribution in [0.3, 0.4) is 0 Å². The van der Waals surface area contributed by atoms with E-state index in [2.05, 4.69) is 26.1 Å². The predicted molar refractivity (Wildman–Crippen MR) is 160 cm³/mol. The standard InChI is InChI=1S/C33H31F3N6O2/c1-2-23-26(35)7-4-18-10-22(43)11-24(27(18)23)29-28(36)30-25(14-38-29)31(42-16-20-5-6-21(42)13-37-20)40-32(39-30)44-17-33-8-3-9-41(33)15-19(34)12-33/h1,4,7,10-11,14,19-21,37,43H,3,5-6,8-9,12-13,15-17H2/t19-,20?,21?,33+/m1/s1/i1D,19D. The van der Waals surface area contributed by atoms with Crippen LogP contribution in [0.2, 0.25) is 0 Å². The third-order valence-electron chi connectivity index (χ3n) is 9.79. The third-order valence-corrected chi connectivity index (χ3v) is 9.79. The molecule has 0 aliphatic carbocycles. The van der Waals surface area contributed by atoms with Crippen molar-refractivity contribution in [2.45, 2.75) is 55.9 Å². The number of nitrogens with one attached hydrogen (secondary N) is 1. The SMILES string of the molecule is [2H]C#Cc1c(F)ccc2cc(O)cc(-c3ncc4c(N5CC6CCC5CN6)nc(OC[C@@]56CCCN5C[C@]([2H])(F)C6)nc4c3F)c12. The lowest BCUT2D eigenvalue weighted by Gasteiger charge is -2.46. The normalized spacial score (nSPS) is 28.6. The Balaban J connectivity index is 1.28. The summed E-state index contributed by atoms with van der Waals surface area (Å²) < 4.78 is 68.2. The fraction of sp³-hybridized carbons (Fsp3) is 0.424. The van der Waals surface area contributed by atoms with Crippen molar-refractivity contribution < 1.29 is 25.8 Å². The van der Waals surface area contributed by atoms with Crippen LogP contribution in [0.5, 0.6) is 11.8 Å². The van der Waals surface area contributed by atoms with Gasteiger partial charge in [0.05, 0.1) is 17.9 Å². The van der Waals surface area contributed by atoms with Gasteiger partial charge >= 0.3 is 6.01 Å². The van der Waals surface area contributed by atoms with Gasteiger partial charge in [-0.3, -0.25) is 9.88 Å². The van der Waals surface area contributed by atoms with Crippen molar-refractivity contribution in [1.29, 1.82) is 0 Å². The number of ether oxygens (including phenoxy) is 1. The summed E-state index contributed by atoms with van der Waals surface area (Å²) in [5, 5.41) is 15.0. The van der Waals surface area contributed by atoms with Gasteiger partial charge in [-0.2, -0.15) is 9.97 Å². The summed E-state index contributed by atoms with van der Waals surface area (Å²) in [6.45, 7) is 2.16. The maximum absolute atomic E-state index is 16.8. The van der Waals surface area contributed by atoms with Crippen LogP contribution in [0.4, 0.5) is 19.0 Å². The molecule has 2 N–H and O–H groups in total. The fourth-order valence-corrected chi connectivity index (χ4v) is 7.67. The summed E-state index contributed by atoms with van der Waals surface area (Å²) in [5.74, 6) is 1.25. The highest BCUT2D eigenvalue weighted by molar-refractivity contribution is 6.03. The Morgan fingerprint density at radius 3 is 2.95 bits per heavy atom. The highest BCUT2D eigenvalue weighted by Crippen LogP contribution is 2.42. The molecule has 2 unspecified atom stereocenters. The number of rotatable bonds is 5. The van der Waals surface area contributed by atoms with Crippen LogP contribution in [0, 0.1) is 24.0 Å². The van der Waals surface area contributed by atoms with Crippen molar-refractivity contribution >= 4 is 27.5 Å². The van der Waals surface area contributed by atoms with Crippen LogP contribution in [-0.2, 0) is 0 Å². The Morgan fingerprint density at radius 1 is 1.25 bits per heavy atom. The van der Waals surface area contributed by atoms with Gasteiger partial charge in [0.25, 0.3) is 0 Å². The molecule has 11 heteroatoms. The summed E-state index contributed by atoms with van der Waals surface area (Å²) in [5.41, 5.74) is -0.921. The van der Waals surface area contributed by atoms with Gasteiger partial charge in [-0.1, -0.05) is 12.0 Å². The zero-order valence-electron chi connectivity index (χ0n) is 25.8. The first-order valence-electron chi connectivity index (χ1n) is 16.0. The monoisotopic (exact) mass is 602 g/mol. The van der Waals surface area contributed by atoms with E-state index in [-0.39, 0.29) is 71.1 Å². The average molecular weight is 603 g/mol. The van der Waals surface area contributed by atoms with Crippen molar-refractivity contribution in [2.75, 3.05) is 37.7 Å². The van der Waals surface area contributed by atoms with E-state index >= 15 is 4.39 Å². The first-order valence-corrected chi connectivity index (χ1v) is 15.0. The van der Waals surface area contributed by atoms with Crippen LogP contribution in [-0.4, -0.2) is 81.5 Å². The first-order chi connectivity index (χ1) is 22.1. The lowest BCUT2D eigenvalue weighted by atomic mass is 9.92. The molecule has 5 saturated heterocycles. The Hall–Kier alpha value is -4.14. The molecule has 0 radical (unpaired) electrons. The van der Waals surface area contributed by atoms with E-state index in [0.29, 0.717) is 36.1 Å². The molecule has 4 atom stereocenters. The Morgan fingerprint density at radius 2 is 2.16 bits per heavy atom. The van der Waals surface area contributed by atoms with E-state index in [1.807, 2.05) is 11.3 Å². The quantitative estimate of drug-likeness (QED) is 0.318. The second kappa shape index (κ2) is 10.2. The lowest BCUT2D eigenvalue weighted by molar-refractivity contribution is 0.107. The largest absolute Gasteiger partial charge is 0.508 e. The van der Waals surface area contributed by atoms with E-state index in [1.54, 1.807) is 0 Å². The topological polar surface area (TPSA) is 86.6 Å². The number of phenols is 1. The highest BCUT2D eigenvalue weighted by atomic mass is 19.1. The summed E-state index contributed by atoms with van der Waals surface area (Å²) in [4.78, 5) is 17.9. The molecule has 5 fully saturated rings. The van der Waals surface area contributed by atoms with Crippen LogP contribution in [0.25, 0.3) is 32.9 Å². The van der Waals surface area contributed by atoms with Crippen LogP contribution >= 0.6 is 0 Å². The smallest absolute Gasteiger partial charge is 0.319 e. The number of benzene rings is 2. The van der Waals surface area contributed by atoms with E-state index in [9.17, 15) is 13.9 Å². The maximum Gasteiger partial charge on any atom is 0.319 e. The molecule has 2 aromatic carbocycles. The summed E-state index contributed by atoms with van der Waals surface area (Å²) in [7, 11) is 0. The molecule has 0 saturated carbocycles. The molecule has 2 bridgehead atoms. The third kappa shape index (κ3) is 4.26. The lowest BCUT2D eigenvalue weighted by Crippen LogP contribution is -2.61. The number of alkyl halides is 1. The number of fused-ring (bicyclic) bond motifs is 6. The molecule has 0 spiro atoms. The van der Waals surface area contributed by atoms with Gasteiger partial charge in [-0.05, 0) is 55.8 Å². The van der Waals surface area contributed by atoms with Crippen LogP contribution in [0.15, 0.2) is 30.5 Å². The molecule has 7 heterocycles. The molecule has 4 aromatic rings. The van der Waals surface area contributed by atoms with Crippen molar-refractivity contribution in [1.82, 2.24) is 25.2 Å². The molecule has 44 heavy (non-hydrogen) atoms. The number of pyridine rings is 1. The number of hydrogen-bond donors (Lipinski definition) is 2. The van der Waals surface area contributed by atoms with Crippen molar-refractivity contribution in [3.63, 3.8) is 0 Å². The maximum atomic E-state index is 16.8. The van der Waals surface area contributed by atoms with Crippen molar-refractivity contribution in [3.05, 3.63) is 47.7 Å². The number of piperidine rings is 2. The van der Waals surface area contributed by atoms with Gasteiger partial charge in [-0.25, -0.2) is 13.2 Å². The molecule has 9 rings (SSSR count). The first kappa shape index (κ1) is 25.2. The van der Waals surface area contributed by atoms with E-state index in [0.717, 1.165) is 25.8 Å². The number of nitrogens with zero attached hydrogens (tertiary/aromatic N) is 5. The zero-order chi connectivity index (χ0) is 31.8. The second-order valence-corrected chi connectivity index (χ2v) is 12.4. The van der Waals surface area contributed by atoms with Gasteiger partial charge in [0.1, 0.15) is 42.7 Å². The molecular weight excluding hydrogens is 569 g/mol. The minimum absolute atomic E-state index is 0.00902. The van der Waals surface area contributed by atoms with E-state index in [1.165, 1.54) is 30.5 Å². The van der Waals surface area contributed by atoms with Gasteiger partial charge in [0.2, 0.25) is 0 Å². The molecule has 226 valence electrons. The molecule has 5 aliphatic rings. The number of piperazine rings is 1. The van der Waals surface area contributed by atoms with Gasteiger partial charge in [0, 0.05) is 55.3 Å². The number of aromatic hydroxyl groups is 1. The number of anilines is 1. The number of aromatic nitrogens is 3. The summed E-state index contributed by atoms with van der Waals surface area (Å²) in [6.07, 6.45) is 4.89. The summed E-state index contributed by atoms with van der Waals surface area (Å²) >= 11 is 0. The Bertz CT molecular complexity index is 1960. The summed E-state index contributed by atoms with van der Waals surface area (Å²) in [6, 6.07) is 5.64. The molecule has 8 nitrogen and oxygen atoms in total. The van der Waals surface area contributed by atoms with Crippen molar-refractivity contribution in [3.8, 4) is 35.3 Å². The predicted octanol–water partition coefficient (Wildman–Crippen LogP) is 4.71. The fourth-order valence-electron chi connectivity index (χ4n) is 7.67. The Kier molecular flexibility index (Phi) is 5.85. The zero-order valence-corrected chi connectivity index (χ0v) is 23.8. The van der Waals surface area contributed by atoms with Crippen molar-refractivity contribution in [2.24, 2.45) is 0 Å². The minimum Gasteiger partial charge on any atom is -0.508 e. The second-order valence-electron chi connectivity index (χ2n) is 12.4. The average Bonchev–Trinajstić information content (AvgIpc) is 3.53. The van der Waals surface area contributed by atoms with Gasteiger partial charge < -0.3 is 20.1 Å². The van der Waals surface area contributed by atoms with Gasteiger partial charge in [0.15, 0.2) is 5.82 Å².